The van der Waals surface area contributed by atoms with Crippen LogP contribution in [0.2, 0.25) is 0 Å². The van der Waals surface area contributed by atoms with Gasteiger partial charge in [0.15, 0.2) is 0 Å². The van der Waals surface area contributed by atoms with Gasteiger partial charge in [0.25, 0.3) is 0 Å². The van der Waals surface area contributed by atoms with Gasteiger partial charge in [0, 0.05) is 36.6 Å². The molecule has 1 saturated carbocycles. The molecule has 7 rings (SSSR count). The minimum Gasteiger partial charge on any atom is -0.475 e. The van der Waals surface area contributed by atoms with Crippen LogP contribution in [-0.2, 0) is 26.3 Å². The third-order valence-electron chi connectivity index (χ3n) is 8.18. The summed E-state index contributed by atoms with van der Waals surface area (Å²) in [5.41, 5.74) is 7.25. The molecule has 1 aliphatic carbocycles. The molecule has 1 saturated heterocycles. The number of ether oxygens (including phenoxy) is 1. The third kappa shape index (κ3) is 5.78. The number of benzene rings is 3. The molecule has 2 atom stereocenters. The molecule has 8 nitrogen and oxygen atoms in total. The van der Waals surface area contributed by atoms with Gasteiger partial charge < -0.3 is 15.2 Å². The Bertz CT molecular complexity index is 1710. The molecule has 43 heavy (non-hydrogen) atoms. The van der Waals surface area contributed by atoms with Crippen molar-refractivity contribution in [2.75, 3.05) is 31.6 Å². The normalized spacial score (nSPS) is 21.5. The minimum atomic E-state index is -5.08. The molecule has 3 aromatic carbocycles. The fourth-order valence-electron chi connectivity index (χ4n) is 5.94. The van der Waals surface area contributed by atoms with Crippen molar-refractivity contribution in [2.24, 2.45) is 0 Å². The van der Waals surface area contributed by atoms with E-state index in [4.69, 9.17) is 14.6 Å². The summed E-state index contributed by atoms with van der Waals surface area (Å²) in [6.45, 7) is 4.55. The number of alkyl halides is 3. The van der Waals surface area contributed by atoms with Crippen molar-refractivity contribution >= 4 is 40.6 Å². The number of para-hydroxylation sites is 1. The first-order valence-corrected chi connectivity index (χ1v) is 13.9. The Morgan fingerprint density at radius 2 is 1.84 bits per heavy atom. The number of H-pyrrole nitrogens is 1. The van der Waals surface area contributed by atoms with E-state index in [2.05, 4.69) is 81.1 Å². The van der Waals surface area contributed by atoms with Crippen molar-refractivity contribution in [1.82, 2.24) is 15.1 Å². The molecule has 0 bridgehead atoms. The van der Waals surface area contributed by atoms with E-state index in [1.165, 1.54) is 16.7 Å². The molecule has 3 heterocycles. The number of hydrogen-bond donors (Lipinski definition) is 3. The van der Waals surface area contributed by atoms with E-state index in [1.807, 2.05) is 18.2 Å². The molecule has 0 unspecified atom stereocenters. The zero-order valence-electron chi connectivity index (χ0n) is 23.0. The molecule has 222 valence electrons. The lowest BCUT2D eigenvalue weighted by atomic mass is 9.92. The lowest BCUT2D eigenvalue weighted by molar-refractivity contribution is -0.192. The predicted octanol–water partition coefficient (Wildman–Crippen LogP) is 5.58. The fraction of sp³-hybridized carbons (Fsp3) is 0.281. The third-order valence-corrected chi connectivity index (χ3v) is 8.18. The summed E-state index contributed by atoms with van der Waals surface area (Å²) in [5.74, 6) is -2.44. The number of aromatic nitrogens is 2. The number of halogens is 3. The van der Waals surface area contributed by atoms with Gasteiger partial charge in [0.1, 0.15) is 0 Å². The SMILES string of the molecule is O=C(O)C(F)(F)F.O=C1Nc2ccccc2[C@]12C[C@H]2c1ccc2c(/C=C/c3cccc(CN4CCOCC4)c3)n[nH]c2c1. The van der Waals surface area contributed by atoms with Crippen molar-refractivity contribution in [3.8, 4) is 0 Å². The average molecular weight is 591 g/mol. The maximum absolute atomic E-state index is 12.9. The Kier molecular flexibility index (Phi) is 7.53. The number of anilines is 1. The van der Waals surface area contributed by atoms with E-state index in [1.54, 1.807) is 0 Å². The number of carboxylic acids is 1. The van der Waals surface area contributed by atoms with Crippen LogP contribution in [0, 0.1) is 0 Å². The van der Waals surface area contributed by atoms with E-state index in [-0.39, 0.29) is 11.8 Å². The highest BCUT2D eigenvalue weighted by atomic mass is 19.4. The number of aromatic amines is 1. The van der Waals surface area contributed by atoms with Gasteiger partial charge in [-0.25, -0.2) is 4.79 Å². The van der Waals surface area contributed by atoms with Crippen LogP contribution < -0.4 is 5.32 Å². The second-order valence-electron chi connectivity index (χ2n) is 10.9. The van der Waals surface area contributed by atoms with Crippen molar-refractivity contribution in [1.29, 1.82) is 0 Å². The molecular formula is C32H29F3N4O4. The summed E-state index contributed by atoms with van der Waals surface area (Å²) in [4.78, 5) is 24.2. The van der Waals surface area contributed by atoms with Gasteiger partial charge in [-0.3, -0.25) is 14.8 Å². The fourth-order valence-corrected chi connectivity index (χ4v) is 5.94. The van der Waals surface area contributed by atoms with Gasteiger partial charge in [0.05, 0.1) is 29.8 Å². The van der Waals surface area contributed by atoms with Gasteiger partial charge in [-0.15, -0.1) is 0 Å². The second-order valence-corrected chi connectivity index (χ2v) is 10.9. The van der Waals surface area contributed by atoms with Crippen LogP contribution in [0.5, 0.6) is 0 Å². The minimum absolute atomic E-state index is 0.123. The van der Waals surface area contributed by atoms with Crippen molar-refractivity contribution < 1.29 is 32.6 Å². The van der Waals surface area contributed by atoms with Crippen molar-refractivity contribution in [3.63, 3.8) is 0 Å². The number of hydrogen-bond acceptors (Lipinski definition) is 5. The summed E-state index contributed by atoms with van der Waals surface area (Å²) in [6.07, 6.45) is -0.0311. The van der Waals surface area contributed by atoms with Crippen LogP contribution in [0.4, 0.5) is 18.9 Å². The first-order chi connectivity index (χ1) is 20.6. The first-order valence-electron chi connectivity index (χ1n) is 13.9. The summed E-state index contributed by atoms with van der Waals surface area (Å²) in [7, 11) is 0. The lowest BCUT2D eigenvalue weighted by Crippen LogP contribution is -2.35. The zero-order chi connectivity index (χ0) is 30.2. The maximum Gasteiger partial charge on any atom is 0.490 e. The highest BCUT2D eigenvalue weighted by molar-refractivity contribution is 6.09. The van der Waals surface area contributed by atoms with Gasteiger partial charge in [-0.05, 0) is 46.9 Å². The number of nitrogens with one attached hydrogen (secondary N) is 2. The topological polar surface area (TPSA) is 108 Å². The van der Waals surface area contributed by atoms with Crippen molar-refractivity contribution in [2.45, 2.75) is 30.5 Å². The van der Waals surface area contributed by atoms with E-state index in [9.17, 15) is 18.0 Å². The number of carbonyl (C=O) groups is 2. The number of carbonyl (C=O) groups excluding carboxylic acids is 1. The number of aliphatic carboxylic acids is 1. The monoisotopic (exact) mass is 590 g/mol. The number of carboxylic acid groups (broad SMARTS) is 1. The Balaban J connectivity index is 0.000000423. The number of amides is 1. The molecule has 1 amide bonds. The highest BCUT2D eigenvalue weighted by Crippen LogP contribution is 2.65. The predicted molar refractivity (Wildman–Crippen MR) is 155 cm³/mol. The van der Waals surface area contributed by atoms with E-state index < -0.39 is 17.6 Å². The molecule has 0 radical (unpaired) electrons. The standard InChI is InChI=1S/C30H28N4O2.C2HF3O2/c35-29-30(24-6-1-2-7-27(24)31-29)18-25(30)22-9-10-23-26(32-33-28(23)17-22)11-8-20-4-3-5-21(16-20)19-34-12-14-36-15-13-34;3-2(4,5)1(6)7/h1-11,16-17,25H,12-15,18-19H2,(H,31,35)(H,32,33);(H,6,7)/b11-8+;/t25-,30-;/m0./s1. The van der Waals surface area contributed by atoms with E-state index >= 15 is 0 Å². The summed E-state index contributed by atoms with van der Waals surface area (Å²) >= 11 is 0. The molecule has 2 aliphatic heterocycles. The van der Waals surface area contributed by atoms with E-state index in [0.29, 0.717) is 0 Å². The molecule has 1 spiro atoms. The summed E-state index contributed by atoms with van der Waals surface area (Å²) in [6, 6.07) is 23.2. The van der Waals surface area contributed by atoms with Crippen LogP contribution in [-0.4, -0.2) is 64.6 Å². The molecule has 11 heteroatoms. The lowest BCUT2D eigenvalue weighted by Gasteiger charge is -2.26. The smallest absolute Gasteiger partial charge is 0.475 e. The number of morpholine rings is 1. The second kappa shape index (κ2) is 11.3. The van der Waals surface area contributed by atoms with Crippen LogP contribution in [0.15, 0.2) is 66.7 Å². The summed E-state index contributed by atoms with van der Waals surface area (Å²) < 4.78 is 37.2. The number of rotatable bonds is 5. The van der Waals surface area contributed by atoms with Crippen LogP contribution in [0.1, 0.15) is 40.3 Å². The largest absolute Gasteiger partial charge is 0.490 e. The van der Waals surface area contributed by atoms with Gasteiger partial charge in [-0.1, -0.05) is 60.7 Å². The van der Waals surface area contributed by atoms with Gasteiger partial charge in [-0.2, -0.15) is 18.3 Å². The summed E-state index contributed by atoms with van der Waals surface area (Å²) in [5, 5.41) is 19.1. The molecule has 1 aromatic heterocycles. The molecule has 3 N–H and O–H groups in total. The number of fused-ring (bicyclic) bond motifs is 3. The van der Waals surface area contributed by atoms with Crippen LogP contribution >= 0.6 is 0 Å². The van der Waals surface area contributed by atoms with Crippen LogP contribution in [0.25, 0.3) is 23.1 Å². The van der Waals surface area contributed by atoms with Crippen molar-refractivity contribution in [3.05, 3.63) is 94.7 Å². The molecule has 2 fully saturated rings. The molecule has 3 aliphatic rings. The maximum atomic E-state index is 12.9. The molecule has 4 aromatic rings. The number of nitrogens with zero attached hydrogens (tertiary/aromatic N) is 2. The Labute approximate surface area is 245 Å². The van der Waals surface area contributed by atoms with E-state index in [0.717, 1.165) is 67.1 Å². The Hall–Kier alpha value is -4.48. The first kappa shape index (κ1) is 28.6. The highest BCUT2D eigenvalue weighted by Gasteiger charge is 2.65. The van der Waals surface area contributed by atoms with Crippen LogP contribution in [0.3, 0.4) is 0 Å². The quantitative estimate of drug-likeness (QED) is 0.280. The Morgan fingerprint density at radius 1 is 1.07 bits per heavy atom. The van der Waals surface area contributed by atoms with Gasteiger partial charge >= 0.3 is 12.1 Å². The molecular weight excluding hydrogens is 561 g/mol. The zero-order valence-corrected chi connectivity index (χ0v) is 23.0. The Morgan fingerprint density at radius 3 is 2.60 bits per heavy atom. The average Bonchev–Trinajstić information content (AvgIpc) is 3.52. The van der Waals surface area contributed by atoms with Gasteiger partial charge in [0.2, 0.25) is 5.91 Å².